The van der Waals surface area contributed by atoms with E-state index < -0.39 is 0 Å². The van der Waals surface area contributed by atoms with Crippen molar-refractivity contribution in [1.29, 1.82) is 0 Å². The molecule has 1 saturated heterocycles. The van der Waals surface area contributed by atoms with Gasteiger partial charge in [-0.1, -0.05) is 6.92 Å². The highest BCUT2D eigenvalue weighted by Gasteiger charge is 2.32. The summed E-state index contributed by atoms with van der Waals surface area (Å²) >= 11 is 0. The van der Waals surface area contributed by atoms with Crippen molar-refractivity contribution in [2.45, 2.75) is 38.8 Å². The second-order valence-corrected chi connectivity index (χ2v) is 6.14. The lowest BCUT2D eigenvalue weighted by Crippen LogP contribution is -2.62. The number of rotatable bonds is 6. The molecule has 1 aromatic carbocycles. The Morgan fingerprint density at radius 1 is 1.29 bits per heavy atom. The lowest BCUT2D eigenvalue weighted by molar-refractivity contribution is 0.0791. The first-order chi connectivity index (χ1) is 10.1. The highest BCUT2D eigenvalue weighted by Crippen LogP contribution is 2.19. The Labute approximate surface area is 128 Å². The molecule has 1 aliphatic heterocycles. The van der Waals surface area contributed by atoms with Crippen molar-refractivity contribution >= 4 is 0 Å². The fourth-order valence-electron chi connectivity index (χ4n) is 2.67. The molecule has 1 fully saturated rings. The second kappa shape index (κ2) is 7.14. The van der Waals surface area contributed by atoms with Gasteiger partial charge in [-0.05, 0) is 44.5 Å². The van der Waals surface area contributed by atoms with E-state index in [1.165, 1.54) is 0 Å². The Kier molecular flexibility index (Phi) is 5.48. The lowest BCUT2D eigenvalue weighted by Gasteiger charge is -2.44. The normalized spacial score (nSPS) is 26.6. The summed E-state index contributed by atoms with van der Waals surface area (Å²) in [5.74, 6) is 1.76. The molecule has 0 spiro atoms. The van der Waals surface area contributed by atoms with Crippen molar-refractivity contribution < 1.29 is 9.47 Å². The van der Waals surface area contributed by atoms with E-state index in [4.69, 9.17) is 9.47 Å². The van der Waals surface area contributed by atoms with Gasteiger partial charge >= 0.3 is 0 Å². The molecule has 1 aliphatic rings. The maximum Gasteiger partial charge on any atom is 0.119 e. The number of hydrogen-bond acceptors (Lipinski definition) is 4. The average Bonchev–Trinajstić information content (AvgIpc) is 2.51. The van der Waals surface area contributed by atoms with Gasteiger partial charge in [-0.25, -0.2) is 0 Å². The van der Waals surface area contributed by atoms with Crippen LogP contribution in [0.1, 0.15) is 27.2 Å². The maximum absolute atomic E-state index is 5.84. The summed E-state index contributed by atoms with van der Waals surface area (Å²) in [6.07, 6.45) is 1.15. The van der Waals surface area contributed by atoms with Crippen LogP contribution in [0.2, 0.25) is 0 Å². The Bertz CT molecular complexity index is 435. The maximum atomic E-state index is 5.84. The minimum Gasteiger partial charge on any atom is -0.497 e. The van der Waals surface area contributed by atoms with Gasteiger partial charge in [0.05, 0.1) is 7.11 Å². The monoisotopic (exact) mass is 292 g/mol. The molecule has 1 aromatic rings. The van der Waals surface area contributed by atoms with E-state index in [1.54, 1.807) is 7.11 Å². The lowest BCUT2D eigenvalue weighted by atomic mass is 9.94. The zero-order valence-corrected chi connectivity index (χ0v) is 13.7. The van der Waals surface area contributed by atoms with Crippen LogP contribution in [0.5, 0.6) is 11.5 Å². The largest absolute Gasteiger partial charge is 0.497 e. The summed E-state index contributed by atoms with van der Waals surface area (Å²) in [4.78, 5) is 2.52. The molecule has 4 heteroatoms. The number of methoxy groups -OCH3 is 1. The smallest absolute Gasteiger partial charge is 0.119 e. The highest BCUT2D eigenvalue weighted by molar-refractivity contribution is 5.31. The molecule has 0 bridgehead atoms. The van der Waals surface area contributed by atoms with E-state index >= 15 is 0 Å². The first-order valence-corrected chi connectivity index (χ1v) is 7.82. The van der Waals surface area contributed by atoms with Crippen LogP contribution in [-0.2, 0) is 0 Å². The second-order valence-electron chi connectivity index (χ2n) is 6.14. The summed E-state index contributed by atoms with van der Waals surface area (Å²) in [6, 6.07) is 8.32. The molecule has 4 nitrogen and oxygen atoms in total. The van der Waals surface area contributed by atoms with Gasteiger partial charge in [0.1, 0.15) is 18.1 Å². The number of hydrogen-bond donors (Lipinski definition) is 1. The summed E-state index contributed by atoms with van der Waals surface area (Å²) < 4.78 is 11.0. The molecule has 1 N–H and O–H groups in total. The molecule has 1 heterocycles. The van der Waals surface area contributed by atoms with Gasteiger partial charge in [0.2, 0.25) is 0 Å². The van der Waals surface area contributed by atoms with Crippen molar-refractivity contribution in [3.05, 3.63) is 24.3 Å². The molecule has 0 aliphatic carbocycles. The van der Waals surface area contributed by atoms with Crippen LogP contribution in [0.4, 0.5) is 0 Å². The van der Waals surface area contributed by atoms with E-state index in [-0.39, 0.29) is 5.54 Å². The Morgan fingerprint density at radius 3 is 2.57 bits per heavy atom. The molecule has 2 unspecified atom stereocenters. The van der Waals surface area contributed by atoms with Gasteiger partial charge in [-0.15, -0.1) is 0 Å². The fraction of sp³-hybridized carbons (Fsp3) is 0.647. The van der Waals surface area contributed by atoms with Crippen molar-refractivity contribution in [3.63, 3.8) is 0 Å². The fourth-order valence-corrected chi connectivity index (χ4v) is 2.67. The number of piperazine rings is 1. The standard InChI is InChI=1S/C17H28N2O2/c1-5-17(3)13-19(14(2)12-18-17)10-11-21-16-8-6-15(20-4)7-9-16/h6-9,14,18H,5,10-13H2,1-4H3. The van der Waals surface area contributed by atoms with Crippen molar-refractivity contribution in [2.24, 2.45) is 0 Å². The summed E-state index contributed by atoms with van der Waals surface area (Å²) in [5, 5.41) is 3.65. The van der Waals surface area contributed by atoms with Gasteiger partial charge in [0, 0.05) is 31.2 Å². The number of nitrogens with zero attached hydrogens (tertiary/aromatic N) is 1. The van der Waals surface area contributed by atoms with E-state index in [0.717, 1.165) is 44.2 Å². The molecule has 0 amide bonds. The predicted octanol–water partition coefficient (Wildman–Crippen LogP) is 2.54. The van der Waals surface area contributed by atoms with E-state index in [1.807, 2.05) is 24.3 Å². The molecule has 2 rings (SSSR count). The Morgan fingerprint density at radius 2 is 1.95 bits per heavy atom. The van der Waals surface area contributed by atoms with Crippen molar-refractivity contribution in [1.82, 2.24) is 10.2 Å². The summed E-state index contributed by atoms with van der Waals surface area (Å²) in [6.45, 7) is 10.6. The van der Waals surface area contributed by atoms with Crippen LogP contribution < -0.4 is 14.8 Å². The summed E-state index contributed by atoms with van der Waals surface area (Å²) in [7, 11) is 1.67. The third kappa shape index (κ3) is 4.35. The molecule has 0 aromatic heterocycles. The zero-order chi connectivity index (χ0) is 15.3. The van der Waals surface area contributed by atoms with E-state index in [0.29, 0.717) is 6.04 Å². The van der Waals surface area contributed by atoms with Gasteiger partial charge in [-0.2, -0.15) is 0 Å². The minimum absolute atomic E-state index is 0.229. The predicted molar refractivity (Wildman–Crippen MR) is 86.2 cm³/mol. The average molecular weight is 292 g/mol. The first kappa shape index (κ1) is 16.1. The van der Waals surface area contributed by atoms with Crippen LogP contribution in [0.15, 0.2) is 24.3 Å². The highest BCUT2D eigenvalue weighted by atomic mass is 16.5. The minimum atomic E-state index is 0.229. The quantitative estimate of drug-likeness (QED) is 0.873. The molecule has 0 radical (unpaired) electrons. The van der Waals surface area contributed by atoms with Gasteiger partial charge in [0.15, 0.2) is 0 Å². The van der Waals surface area contributed by atoms with Crippen LogP contribution in [0.3, 0.4) is 0 Å². The summed E-state index contributed by atoms with van der Waals surface area (Å²) in [5.41, 5.74) is 0.229. The van der Waals surface area contributed by atoms with Crippen molar-refractivity contribution in [2.75, 3.05) is 33.4 Å². The van der Waals surface area contributed by atoms with Crippen LogP contribution in [0, 0.1) is 0 Å². The number of ether oxygens (including phenoxy) is 2. The number of nitrogens with one attached hydrogen (secondary N) is 1. The molecule has 2 atom stereocenters. The topological polar surface area (TPSA) is 33.7 Å². The molecular formula is C17H28N2O2. The van der Waals surface area contributed by atoms with E-state index in [9.17, 15) is 0 Å². The SMILES string of the molecule is CCC1(C)CN(CCOc2ccc(OC)cc2)C(C)CN1. The van der Waals surface area contributed by atoms with Gasteiger partial charge in [0.25, 0.3) is 0 Å². The molecule has 21 heavy (non-hydrogen) atoms. The van der Waals surface area contributed by atoms with Crippen molar-refractivity contribution in [3.8, 4) is 11.5 Å². The van der Waals surface area contributed by atoms with Gasteiger partial charge < -0.3 is 14.8 Å². The molecular weight excluding hydrogens is 264 g/mol. The Hall–Kier alpha value is -1.26. The first-order valence-electron chi connectivity index (χ1n) is 7.82. The Balaban J connectivity index is 1.81. The van der Waals surface area contributed by atoms with E-state index in [2.05, 4.69) is 31.0 Å². The van der Waals surface area contributed by atoms with Crippen LogP contribution >= 0.6 is 0 Å². The molecule has 0 saturated carbocycles. The third-order valence-electron chi connectivity index (χ3n) is 4.49. The van der Waals surface area contributed by atoms with Gasteiger partial charge in [-0.3, -0.25) is 4.90 Å². The van der Waals surface area contributed by atoms with Crippen LogP contribution in [-0.4, -0.2) is 49.8 Å². The number of benzene rings is 1. The third-order valence-corrected chi connectivity index (χ3v) is 4.49. The zero-order valence-electron chi connectivity index (χ0n) is 13.7. The molecule has 118 valence electrons. The van der Waals surface area contributed by atoms with Crippen LogP contribution in [0.25, 0.3) is 0 Å².